The van der Waals surface area contributed by atoms with Crippen molar-refractivity contribution in [3.05, 3.63) is 206 Å². The second kappa shape index (κ2) is 19.4. The number of ether oxygens (including phenoxy) is 4. The Morgan fingerprint density at radius 1 is 0.466 bits per heavy atom. The van der Waals surface area contributed by atoms with Gasteiger partial charge in [0.2, 0.25) is 17.2 Å². The van der Waals surface area contributed by atoms with Crippen molar-refractivity contribution in [1.82, 2.24) is 8.76 Å². The largest absolute Gasteiger partial charge is 0.453 e. The summed E-state index contributed by atoms with van der Waals surface area (Å²) >= 11 is 0. The Morgan fingerprint density at radius 3 is 1.29 bits per heavy atom. The molecule has 0 N–H and O–H groups in total. The smallest absolute Gasteiger partial charge is 0.303 e. The summed E-state index contributed by atoms with van der Waals surface area (Å²) in [5.74, 6) is 4.31. The highest BCUT2D eigenvalue weighted by Gasteiger charge is 2.30. The number of hydrogen-bond donors (Lipinski definition) is 0. The molecule has 0 saturated heterocycles. The Balaban J connectivity index is 1.50. The minimum atomic E-state index is -1.66. The third-order valence-corrected chi connectivity index (χ3v) is 11.4. The molecule has 1 aromatic heterocycles. The molecule has 0 fully saturated rings. The molecule has 290 valence electrons. The van der Waals surface area contributed by atoms with Crippen LogP contribution in [-0.2, 0) is 25.7 Å². The summed E-state index contributed by atoms with van der Waals surface area (Å²) in [4.78, 5) is 6.19. The summed E-state index contributed by atoms with van der Waals surface area (Å²) in [6.45, 7) is 15.9. The molecule has 0 aliphatic heterocycles. The van der Waals surface area contributed by atoms with Gasteiger partial charge in [-0.05, 0) is 84.3 Å². The molecule has 0 bridgehead atoms. The molecule has 7 rings (SSSR count). The summed E-state index contributed by atoms with van der Waals surface area (Å²) in [5.41, 5.74) is 3.65. The van der Waals surface area contributed by atoms with Gasteiger partial charge in [0.05, 0.1) is 0 Å². The van der Waals surface area contributed by atoms with Crippen molar-refractivity contribution in [3.8, 4) is 57.5 Å². The van der Waals surface area contributed by atoms with Crippen molar-refractivity contribution in [2.45, 2.75) is 25.7 Å². The molecular formula is C48H42N2O6P2. The molecule has 6 aromatic carbocycles. The number of aromatic nitrogens is 2. The van der Waals surface area contributed by atoms with Crippen LogP contribution in [0, 0.1) is 0 Å². The molecule has 58 heavy (non-hydrogen) atoms. The quantitative estimate of drug-likeness (QED) is 0.0710. The molecule has 0 saturated carbocycles. The highest BCUT2D eigenvalue weighted by Crippen LogP contribution is 2.57. The fourth-order valence-corrected chi connectivity index (χ4v) is 7.81. The summed E-state index contributed by atoms with van der Waals surface area (Å²) < 4.78 is 41.0. The Morgan fingerprint density at radius 2 is 0.862 bits per heavy atom. The Bertz CT molecular complexity index is 2530. The molecule has 0 spiro atoms. The first-order chi connectivity index (χ1) is 28.6. The van der Waals surface area contributed by atoms with Gasteiger partial charge in [-0.25, -0.2) is 0 Å². The zero-order chi connectivity index (χ0) is 40.1. The Kier molecular flexibility index (Phi) is 13.2. The van der Waals surface area contributed by atoms with Crippen LogP contribution in [0.15, 0.2) is 184 Å². The van der Waals surface area contributed by atoms with Gasteiger partial charge in [-0.3, -0.25) is 0 Å². The molecule has 1 unspecified atom stereocenters. The summed E-state index contributed by atoms with van der Waals surface area (Å²) in [7, 11) is -1.07. The summed E-state index contributed by atoms with van der Waals surface area (Å²) in [5, 5.41) is 0. The van der Waals surface area contributed by atoms with Crippen molar-refractivity contribution < 1.29 is 28.3 Å². The van der Waals surface area contributed by atoms with Crippen LogP contribution in [0.5, 0.6) is 57.5 Å². The second-order valence-electron chi connectivity index (χ2n) is 12.9. The maximum atomic E-state index is 7.04. The first kappa shape index (κ1) is 39.5. The lowest BCUT2D eigenvalue weighted by Crippen LogP contribution is -2.07. The van der Waals surface area contributed by atoms with Crippen LogP contribution in [0.1, 0.15) is 22.3 Å². The van der Waals surface area contributed by atoms with Crippen molar-refractivity contribution >= 4 is 16.6 Å². The zero-order valence-corrected chi connectivity index (χ0v) is 33.7. The number of para-hydroxylation sites is 5. The molecule has 7 aromatic rings. The second-order valence-corrected chi connectivity index (χ2v) is 15.5. The van der Waals surface area contributed by atoms with Crippen LogP contribution in [0.2, 0.25) is 0 Å². The van der Waals surface area contributed by atoms with Crippen LogP contribution < -0.4 is 28.3 Å². The van der Waals surface area contributed by atoms with Gasteiger partial charge in [-0.2, -0.15) is 0 Å². The van der Waals surface area contributed by atoms with Gasteiger partial charge in [0.25, 0.3) is 0 Å². The standard InChI is InChI=1S/C48H42N2O6P2/c1-5-20-35-24-12-16-30-40(35)51-44-34-45(56-58-49-57-50(58)55-39-28-10-9-11-29-39)47(53-42-32-18-14-26-37(42)22-7-3)48(54-43-33-19-15-27-38(43)23-8-4)46(44)52-41-31-17-13-25-36(41)21-6-2/h5-19,24-34H,1-4,20-23H2. The van der Waals surface area contributed by atoms with Gasteiger partial charge in [0.1, 0.15) is 23.0 Å². The van der Waals surface area contributed by atoms with E-state index in [1.54, 1.807) is 10.3 Å². The van der Waals surface area contributed by atoms with Crippen molar-refractivity contribution in [2.75, 3.05) is 0 Å². The fourth-order valence-electron chi connectivity index (χ4n) is 6.04. The van der Waals surface area contributed by atoms with E-state index < -0.39 is 8.08 Å². The summed E-state index contributed by atoms with van der Waals surface area (Å²) in [6, 6.07) is 42.4. The maximum Gasteiger partial charge on any atom is 0.303 e. The van der Waals surface area contributed by atoms with E-state index in [1.165, 1.54) is 0 Å². The lowest BCUT2D eigenvalue weighted by molar-refractivity contribution is 0.263. The highest BCUT2D eigenvalue weighted by atomic mass is 31.2. The molecule has 8 nitrogen and oxygen atoms in total. The Hall–Kier alpha value is -6.72. The number of allylic oxidation sites excluding steroid dienone is 4. The number of nitrogens with zero attached hydrogens (tertiary/aromatic N) is 2. The SMILES string of the molecule is C=CCc1ccccc1Oc1cc(Op2npn2Oc2ccccc2)c(Oc2ccccc2CC=C)c(Oc2ccccc2CC=C)c1Oc1ccccc1CC=C. The van der Waals surface area contributed by atoms with Gasteiger partial charge >= 0.3 is 8.08 Å². The minimum absolute atomic E-state index is 0.218. The predicted octanol–water partition coefficient (Wildman–Crippen LogP) is 14.2. The topological polar surface area (TPSA) is 73.2 Å². The Labute approximate surface area is 342 Å². The molecule has 0 aliphatic carbocycles. The van der Waals surface area contributed by atoms with Crippen LogP contribution in [0.4, 0.5) is 0 Å². The van der Waals surface area contributed by atoms with Crippen LogP contribution in [0.25, 0.3) is 0 Å². The van der Waals surface area contributed by atoms with E-state index in [-0.39, 0.29) is 17.2 Å². The van der Waals surface area contributed by atoms with Gasteiger partial charge in [-0.15, -0.1) is 30.8 Å². The van der Waals surface area contributed by atoms with E-state index in [0.717, 1.165) is 22.3 Å². The fraction of sp³-hybridized carbons (Fsp3) is 0.0833. The van der Waals surface area contributed by atoms with Gasteiger partial charge in [-0.1, -0.05) is 120 Å². The van der Waals surface area contributed by atoms with E-state index in [2.05, 4.69) is 30.8 Å². The molecule has 0 amide bonds. The summed E-state index contributed by atoms with van der Waals surface area (Å²) in [6.07, 6.45) is 9.59. The predicted molar refractivity (Wildman–Crippen MR) is 234 cm³/mol. The van der Waals surface area contributed by atoms with Crippen molar-refractivity contribution in [1.29, 1.82) is 0 Å². The van der Waals surface area contributed by atoms with E-state index >= 15 is 0 Å². The lowest BCUT2D eigenvalue weighted by atomic mass is 10.1. The highest BCUT2D eigenvalue weighted by molar-refractivity contribution is 7.53. The maximum absolute atomic E-state index is 7.04. The molecule has 1 heterocycles. The lowest BCUT2D eigenvalue weighted by Gasteiger charge is -2.24. The monoisotopic (exact) mass is 804 g/mol. The van der Waals surface area contributed by atoms with Gasteiger partial charge in [0, 0.05) is 6.07 Å². The first-order valence-electron chi connectivity index (χ1n) is 18.7. The molecule has 0 radical (unpaired) electrons. The van der Waals surface area contributed by atoms with Crippen LogP contribution in [-0.4, -0.2) is 8.76 Å². The van der Waals surface area contributed by atoms with Crippen LogP contribution >= 0.6 is 16.6 Å². The van der Waals surface area contributed by atoms with E-state index in [1.807, 2.05) is 152 Å². The number of rotatable bonds is 20. The third kappa shape index (κ3) is 9.45. The molecule has 0 aliphatic rings. The van der Waals surface area contributed by atoms with Gasteiger partial charge < -0.3 is 28.3 Å². The molecular weight excluding hydrogens is 762 g/mol. The minimum Gasteiger partial charge on any atom is -0.453 e. The van der Waals surface area contributed by atoms with Crippen molar-refractivity contribution in [2.24, 2.45) is 0 Å². The average Bonchev–Trinajstić information content (AvgIpc) is 3.24. The van der Waals surface area contributed by atoms with E-state index in [4.69, 9.17) is 28.3 Å². The zero-order valence-electron chi connectivity index (χ0n) is 31.9. The average molecular weight is 805 g/mol. The number of hydrogen-bond acceptors (Lipinski definition) is 7. The molecule has 10 heteroatoms. The van der Waals surface area contributed by atoms with E-state index in [9.17, 15) is 0 Å². The molecule has 1 atom stereocenters. The van der Waals surface area contributed by atoms with Gasteiger partial charge in [0.15, 0.2) is 25.8 Å². The first-order valence-corrected chi connectivity index (χ1v) is 20.6. The normalized spacial score (nSPS) is 11.1. The van der Waals surface area contributed by atoms with E-state index in [0.29, 0.717) is 74.4 Å². The van der Waals surface area contributed by atoms with Crippen molar-refractivity contribution in [3.63, 3.8) is 0 Å². The third-order valence-electron chi connectivity index (χ3n) is 8.78. The van der Waals surface area contributed by atoms with Crippen LogP contribution in [0.3, 0.4) is 0 Å². The number of benzene rings is 6.